The average molecular weight is 276 g/mol. The van der Waals surface area contributed by atoms with Gasteiger partial charge in [-0.2, -0.15) is 0 Å². The quantitative estimate of drug-likeness (QED) is 0.770. The third-order valence-corrected chi connectivity index (χ3v) is 3.90. The van der Waals surface area contributed by atoms with Crippen LogP contribution >= 0.6 is 0 Å². The number of nitrogens with one attached hydrogen (secondary N) is 1. The molecule has 0 aromatic heterocycles. The molecule has 0 bridgehead atoms. The molecular weight excluding hydrogens is 252 g/mol. The van der Waals surface area contributed by atoms with Crippen molar-refractivity contribution < 1.29 is 9.90 Å². The molecule has 1 saturated carbocycles. The van der Waals surface area contributed by atoms with Crippen LogP contribution < -0.4 is 11.1 Å². The lowest BCUT2D eigenvalue weighted by Crippen LogP contribution is -2.34. The van der Waals surface area contributed by atoms with Gasteiger partial charge >= 0.3 is 0 Å². The van der Waals surface area contributed by atoms with Gasteiger partial charge in [0.25, 0.3) is 0 Å². The fourth-order valence-electron chi connectivity index (χ4n) is 2.80. The summed E-state index contributed by atoms with van der Waals surface area (Å²) in [4.78, 5) is 12.2. The molecule has 1 amide bonds. The van der Waals surface area contributed by atoms with Crippen LogP contribution in [-0.2, 0) is 11.2 Å². The van der Waals surface area contributed by atoms with Gasteiger partial charge in [0.1, 0.15) is 0 Å². The first-order chi connectivity index (χ1) is 9.69. The highest BCUT2D eigenvalue weighted by Crippen LogP contribution is 2.24. The molecule has 1 aliphatic rings. The number of aryl methyl sites for hydroxylation is 1. The number of rotatable bonds is 5. The van der Waals surface area contributed by atoms with Gasteiger partial charge in [-0.3, -0.25) is 4.79 Å². The predicted octanol–water partition coefficient (Wildman–Crippen LogP) is 2.07. The number of hydrogen-bond donors (Lipinski definition) is 3. The smallest absolute Gasteiger partial charge is 0.227 e. The Kier molecular flexibility index (Phi) is 5.56. The number of anilines is 1. The van der Waals surface area contributed by atoms with E-state index in [0.29, 0.717) is 0 Å². The minimum atomic E-state index is 0.0415. The Morgan fingerprint density at radius 2 is 2.25 bits per heavy atom. The summed E-state index contributed by atoms with van der Waals surface area (Å²) in [6.45, 7) is 0.191. The van der Waals surface area contributed by atoms with Crippen LogP contribution in [0.25, 0.3) is 0 Å². The van der Waals surface area contributed by atoms with Crippen LogP contribution in [0.5, 0.6) is 0 Å². The molecule has 1 fully saturated rings. The normalized spacial score (nSPS) is 22.5. The van der Waals surface area contributed by atoms with Gasteiger partial charge in [-0.05, 0) is 49.8 Å². The molecule has 20 heavy (non-hydrogen) atoms. The second-order valence-corrected chi connectivity index (χ2v) is 5.64. The minimum Gasteiger partial charge on any atom is -0.396 e. The summed E-state index contributed by atoms with van der Waals surface area (Å²) in [5, 5.41) is 11.8. The van der Waals surface area contributed by atoms with Crippen molar-refractivity contribution in [1.29, 1.82) is 0 Å². The predicted molar refractivity (Wildman–Crippen MR) is 80.4 cm³/mol. The average Bonchev–Trinajstić information content (AvgIpc) is 2.45. The monoisotopic (exact) mass is 276 g/mol. The first-order valence-electron chi connectivity index (χ1n) is 7.45. The molecule has 4 nitrogen and oxygen atoms in total. The maximum atomic E-state index is 12.2. The van der Waals surface area contributed by atoms with Gasteiger partial charge in [-0.15, -0.1) is 0 Å². The van der Waals surface area contributed by atoms with E-state index in [2.05, 4.69) is 5.32 Å². The molecule has 0 saturated heterocycles. The van der Waals surface area contributed by atoms with E-state index in [9.17, 15) is 4.79 Å². The minimum absolute atomic E-state index is 0.0415. The van der Waals surface area contributed by atoms with E-state index in [0.717, 1.165) is 49.8 Å². The van der Waals surface area contributed by atoms with Crippen molar-refractivity contribution in [3.8, 4) is 0 Å². The SMILES string of the molecule is NC1CCCC(C(=O)Nc2cccc(CCCO)c2)C1. The Morgan fingerprint density at radius 3 is 3.00 bits per heavy atom. The largest absolute Gasteiger partial charge is 0.396 e. The number of benzene rings is 1. The van der Waals surface area contributed by atoms with Gasteiger partial charge < -0.3 is 16.2 Å². The van der Waals surface area contributed by atoms with E-state index in [1.54, 1.807) is 0 Å². The molecule has 0 spiro atoms. The lowest BCUT2D eigenvalue weighted by atomic mass is 9.85. The Balaban J connectivity index is 1.93. The Bertz CT molecular complexity index is 448. The lowest BCUT2D eigenvalue weighted by Gasteiger charge is -2.25. The summed E-state index contributed by atoms with van der Waals surface area (Å²) < 4.78 is 0. The second kappa shape index (κ2) is 7.41. The second-order valence-electron chi connectivity index (χ2n) is 5.64. The van der Waals surface area contributed by atoms with Crippen LogP contribution in [0.15, 0.2) is 24.3 Å². The van der Waals surface area contributed by atoms with Crippen molar-refractivity contribution >= 4 is 11.6 Å². The van der Waals surface area contributed by atoms with Gasteiger partial charge in [0.15, 0.2) is 0 Å². The van der Waals surface area contributed by atoms with Crippen molar-refractivity contribution in [2.75, 3.05) is 11.9 Å². The zero-order chi connectivity index (χ0) is 14.4. The van der Waals surface area contributed by atoms with Crippen LogP contribution in [0.3, 0.4) is 0 Å². The van der Waals surface area contributed by atoms with E-state index in [1.165, 1.54) is 0 Å². The molecule has 2 atom stereocenters. The van der Waals surface area contributed by atoms with Crippen LogP contribution in [-0.4, -0.2) is 23.7 Å². The summed E-state index contributed by atoms with van der Waals surface area (Å²) in [7, 11) is 0. The molecule has 110 valence electrons. The number of carbonyl (C=O) groups excluding carboxylic acids is 1. The summed E-state index contributed by atoms with van der Waals surface area (Å²) in [6.07, 6.45) is 5.36. The van der Waals surface area contributed by atoms with Crippen LogP contribution in [0.1, 0.15) is 37.7 Å². The molecule has 0 heterocycles. The summed E-state index contributed by atoms with van der Waals surface area (Å²) in [5.74, 6) is 0.124. The first-order valence-corrected chi connectivity index (χ1v) is 7.45. The number of carbonyl (C=O) groups is 1. The van der Waals surface area contributed by atoms with E-state index in [4.69, 9.17) is 10.8 Å². The molecular formula is C16H24N2O2. The number of nitrogens with two attached hydrogens (primary N) is 1. The Labute approximate surface area is 120 Å². The number of aliphatic hydroxyl groups is 1. The number of amides is 1. The summed E-state index contributed by atoms with van der Waals surface area (Å²) >= 11 is 0. The molecule has 0 radical (unpaired) electrons. The fraction of sp³-hybridized carbons (Fsp3) is 0.562. The van der Waals surface area contributed by atoms with E-state index in [1.807, 2.05) is 24.3 Å². The standard InChI is InChI=1S/C16H24N2O2/c17-14-7-2-6-13(11-14)16(20)18-15-8-1-4-12(10-15)5-3-9-19/h1,4,8,10,13-14,19H,2-3,5-7,9,11,17H2,(H,18,20). The van der Waals surface area contributed by atoms with Crippen molar-refractivity contribution in [3.63, 3.8) is 0 Å². The van der Waals surface area contributed by atoms with Crippen molar-refractivity contribution in [2.24, 2.45) is 11.7 Å². The highest BCUT2D eigenvalue weighted by Gasteiger charge is 2.25. The number of aliphatic hydroxyl groups excluding tert-OH is 1. The molecule has 4 heteroatoms. The van der Waals surface area contributed by atoms with Crippen LogP contribution in [0, 0.1) is 5.92 Å². The van der Waals surface area contributed by atoms with Crippen molar-refractivity contribution in [3.05, 3.63) is 29.8 Å². The highest BCUT2D eigenvalue weighted by molar-refractivity contribution is 5.92. The molecule has 1 aromatic rings. The fourth-order valence-corrected chi connectivity index (χ4v) is 2.80. The third kappa shape index (κ3) is 4.32. The van der Waals surface area contributed by atoms with E-state index < -0.39 is 0 Å². The Morgan fingerprint density at radius 1 is 1.40 bits per heavy atom. The van der Waals surface area contributed by atoms with Crippen LogP contribution in [0.4, 0.5) is 5.69 Å². The molecule has 4 N–H and O–H groups in total. The van der Waals surface area contributed by atoms with Gasteiger partial charge in [-0.25, -0.2) is 0 Å². The third-order valence-electron chi connectivity index (χ3n) is 3.90. The molecule has 0 aliphatic heterocycles. The zero-order valence-corrected chi connectivity index (χ0v) is 11.8. The molecule has 1 aromatic carbocycles. The zero-order valence-electron chi connectivity index (χ0n) is 11.8. The Hall–Kier alpha value is -1.39. The van der Waals surface area contributed by atoms with E-state index in [-0.39, 0.29) is 24.5 Å². The topological polar surface area (TPSA) is 75.4 Å². The summed E-state index contributed by atoms with van der Waals surface area (Å²) in [6, 6.07) is 8.01. The number of hydrogen-bond acceptors (Lipinski definition) is 3. The maximum Gasteiger partial charge on any atom is 0.227 e. The van der Waals surface area contributed by atoms with Gasteiger partial charge in [0, 0.05) is 24.3 Å². The van der Waals surface area contributed by atoms with Gasteiger partial charge in [0.05, 0.1) is 0 Å². The first kappa shape index (κ1) is 15.0. The highest BCUT2D eigenvalue weighted by atomic mass is 16.2. The lowest BCUT2D eigenvalue weighted by molar-refractivity contribution is -0.120. The van der Waals surface area contributed by atoms with Crippen LogP contribution in [0.2, 0.25) is 0 Å². The molecule has 1 aliphatic carbocycles. The summed E-state index contributed by atoms with van der Waals surface area (Å²) in [5.41, 5.74) is 7.91. The van der Waals surface area contributed by atoms with Crippen molar-refractivity contribution in [1.82, 2.24) is 0 Å². The van der Waals surface area contributed by atoms with E-state index >= 15 is 0 Å². The maximum absolute atomic E-state index is 12.2. The van der Waals surface area contributed by atoms with Gasteiger partial charge in [0.2, 0.25) is 5.91 Å². The molecule has 2 unspecified atom stereocenters. The molecule has 2 rings (SSSR count). The van der Waals surface area contributed by atoms with Crippen molar-refractivity contribution in [2.45, 2.75) is 44.6 Å². The van der Waals surface area contributed by atoms with Gasteiger partial charge in [-0.1, -0.05) is 18.6 Å².